The molecule has 1 saturated carbocycles. The van der Waals surface area contributed by atoms with Crippen LogP contribution in [0.5, 0.6) is 0 Å². The molecule has 0 saturated heterocycles. The fourth-order valence-corrected chi connectivity index (χ4v) is 4.01. The lowest BCUT2D eigenvalue weighted by Crippen LogP contribution is -2.36. The molecule has 1 aliphatic carbocycles. The van der Waals surface area contributed by atoms with Crippen molar-refractivity contribution in [3.63, 3.8) is 0 Å². The van der Waals surface area contributed by atoms with E-state index in [0.717, 1.165) is 17.6 Å². The third-order valence-electron chi connectivity index (χ3n) is 3.38. The van der Waals surface area contributed by atoms with E-state index in [9.17, 15) is 5.11 Å². The number of aliphatic hydroxyl groups excluding tert-OH is 1. The molecule has 90 valence electrons. The van der Waals surface area contributed by atoms with Gasteiger partial charge in [-0.2, -0.15) is 11.8 Å². The van der Waals surface area contributed by atoms with Crippen molar-refractivity contribution in [2.45, 2.75) is 62.5 Å². The Balaban J connectivity index is 2.36. The van der Waals surface area contributed by atoms with Gasteiger partial charge in [0, 0.05) is 16.5 Å². The highest BCUT2D eigenvalue weighted by Gasteiger charge is 2.25. The SMILES string of the molecule is CCC(N)C(CO)SC1CCCC(C)C1. The lowest BCUT2D eigenvalue weighted by molar-refractivity contribution is 0.280. The molecule has 0 aliphatic heterocycles. The second-order valence-corrected chi connectivity index (χ2v) is 6.37. The van der Waals surface area contributed by atoms with Gasteiger partial charge >= 0.3 is 0 Å². The van der Waals surface area contributed by atoms with E-state index in [-0.39, 0.29) is 17.9 Å². The first-order valence-electron chi connectivity index (χ1n) is 6.19. The molecule has 0 amide bonds. The van der Waals surface area contributed by atoms with E-state index in [2.05, 4.69) is 13.8 Å². The van der Waals surface area contributed by atoms with Crippen LogP contribution in [0.4, 0.5) is 0 Å². The highest BCUT2D eigenvalue weighted by Crippen LogP contribution is 2.34. The van der Waals surface area contributed by atoms with Gasteiger partial charge in [-0.15, -0.1) is 0 Å². The van der Waals surface area contributed by atoms with Gasteiger partial charge in [0.25, 0.3) is 0 Å². The van der Waals surface area contributed by atoms with Crippen LogP contribution in [0.2, 0.25) is 0 Å². The van der Waals surface area contributed by atoms with E-state index < -0.39 is 0 Å². The van der Waals surface area contributed by atoms with Gasteiger partial charge in [-0.25, -0.2) is 0 Å². The topological polar surface area (TPSA) is 46.2 Å². The fourth-order valence-electron chi connectivity index (χ4n) is 2.29. The van der Waals surface area contributed by atoms with Crippen LogP contribution in [0, 0.1) is 5.92 Å². The van der Waals surface area contributed by atoms with E-state index in [4.69, 9.17) is 5.73 Å². The quantitative estimate of drug-likeness (QED) is 0.764. The molecule has 0 bridgehead atoms. The lowest BCUT2D eigenvalue weighted by Gasteiger charge is -2.30. The molecule has 4 unspecified atom stereocenters. The first-order chi connectivity index (χ1) is 7.17. The summed E-state index contributed by atoms with van der Waals surface area (Å²) in [5.41, 5.74) is 6.00. The Morgan fingerprint density at radius 3 is 2.73 bits per heavy atom. The predicted octanol–water partition coefficient (Wildman–Crippen LogP) is 2.40. The number of thioether (sulfide) groups is 1. The van der Waals surface area contributed by atoms with Crippen LogP contribution in [-0.4, -0.2) is 28.3 Å². The molecule has 0 heterocycles. The molecule has 3 N–H and O–H groups in total. The second kappa shape index (κ2) is 6.77. The van der Waals surface area contributed by atoms with E-state index in [1.54, 1.807) is 0 Å². The fraction of sp³-hybridized carbons (Fsp3) is 1.00. The summed E-state index contributed by atoms with van der Waals surface area (Å²) in [6.45, 7) is 4.66. The number of nitrogens with two attached hydrogens (primary N) is 1. The third-order valence-corrected chi connectivity index (χ3v) is 5.05. The first-order valence-corrected chi connectivity index (χ1v) is 7.13. The van der Waals surface area contributed by atoms with Crippen molar-refractivity contribution in [1.82, 2.24) is 0 Å². The molecule has 0 radical (unpaired) electrons. The van der Waals surface area contributed by atoms with Gasteiger partial charge in [-0.3, -0.25) is 0 Å². The molecule has 0 aromatic rings. The number of hydrogen-bond acceptors (Lipinski definition) is 3. The third kappa shape index (κ3) is 4.33. The van der Waals surface area contributed by atoms with Crippen molar-refractivity contribution >= 4 is 11.8 Å². The Kier molecular flexibility index (Phi) is 6.02. The molecule has 0 aromatic carbocycles. The highest BCUT2D eigenvalue weighted by molar-refractivity contribution is 8.00. The summed E-state index contributed by atoms with van der Waals surface area (Å²) in [4.78, 5) is 0. The molecule has 0 spiro atoms. The Bertz CT molecular complexity index is 177. The average molecular weight is 231 g/mol. The van der Waals surface area contributed by atoms with Crippen LogP contribution in [0.15, 0.2) is 0 Å². The summed E-state index contributed by atoms with van der Waals surface area (Å²) in [5, 5.41) is 10.3. The molecule has 0 aromatic heterocycles. The molecular formula is C12H25NOS. The number of aliphatic hydroxyl groups is 1. The zero-order valence-electron chi connectivity index (χ0n) is 9.98. The number of rotatable bonds is 5. The van der Waals surface area contributed by atoms with Crippen molar-refractivity contribution < 1.29 is 5.11 Å². The van der Waals surface area contributed by atoms with E-state index in [0.29, 0.717) is 0 Å². The first kappa shape index (κ1) is 13.3. The van der Waals surface area contributed by atoms with Crippen molar-refractivity contribution in [2.24, 2.45) is 11.7 Å². The van der Waals surface area contributed by atoms with Gasteiger partial charge in [0.2, 0.25) is 0 Å². The Hall–Kier alpha value is 0.270. The normalized spacial score (nSPS) is 31.2. The standard InChI is InChI=1S/C12H25NOS/c1-3-11(13)12(8-14)15-10-6-4-5-9(2)7-10/h9-12,14H,3-8,13H2,1-2H3. The molecular weight excluding hydrogens is 206 g/mol. The molecule has 1 aliphatic rings. The maximum Gasteiger partial charge on any atom is 0.0565 e. The van der Waals surface area contributed by atoms with Gasteiger partial charge in [0.1, 0.15) is 0 Å². The summed E-state index contributed by atoms with van der Waals surface area (Å²) in [5.74, 6) is 0.855. The molecule has 1 fully saturated rings. The Morgan fingerprint density at radius 1 is 1.47 bits per heavy atom. The smallest absolute Gasteiger partial charge is 0.0565 e. The van der Waals surface area contributed by atoms with Crippen LogP contribution in [-0.2, 0) is 0 Å². The van der Waals surface area contributed by atoms with Crippen LogP contribution in [0.3, 0.4) is 0 Å². The minimum absolute atomic E-state index is 0.150. The molecule has 2 nitrogen and oxygen atoms in total. The van der Waals surface area contributed by atoms with E-state index in [1.165, 1.54) is 25.7 Å². The van der Waals surface area contributed by atoms with Gasteiger partial charge in [-0.1, -0.05) is 26.7 Å². The van der Waals surface area contributed by atoms with Gasteiger partial charge in [0.05, 0.1) is 6.61 Å². The van der Waals surface area contributed by atoms with Crippen molar-refractivity contribution in [3.05, 3.63) is 0 Å². The summed E-state index contributed by atoms with van der Waals surface area (Å²) in [7, 11) is 0. The van der Waals surface area contributed by atoms with Gasteiger partial charge < -0.3 is 10.8 Å². The minimum Gasteiger partial charge on any atom is -0.395 e. The highest BCUT2D eigenvalue weighted by atomic mass is 32.2. The van der Waals surface area contributed by atoms with Crippen LogP contribution in [0.25, 0.3) is 0 Å². The van der Waals surface area contributed by atoms with Crippen molar-refractivity contribution in [3.8, 4) is 0 Å². The largest absolute Gasteiger partial charge is 0.395 e. The zero-order valence-corrected chi connectivity index (χ0v) is 10.8. The molecule has 4 atom stereocenters. The lowest BCUT2D eigenvalue weighted by atomic mass is 9.91. The zero-order chi connectivity index (χ0) is 11.3. The summed E-state index contributed by atoms with van der Waals surface area (Å²) < 4.78 is 0. The average Bonchev–Trinajstić information content (AvgIpc) is 2.25. The van der Waals surface area contributed by atoms with E-state index >= 15 is 0 Å². The van der Waals surface area contributed by atoms with Crippen LogP contribution < -0.4 is 5.73 Å². The summed E-state index contributed by atoms with van der Waals surface area (Å²) >= 11 is 1.93. The molecule has 15 heavy (non-hydrogen) atoms. The van der Waals surface area contributed by atoms with E-state index in [1.807, 2.05) is 11.8 Å². The van der Waals surface area contributed by atoms with Crippen LogP contribution in [0.1, 0.15) is 46.0 Å². The van der Waals surface area contributed by atoms with Crippen molar-refractivity contribution in [1.29, 1.82) is 0 Å². The Labute approximate surface area is 98.0 Å². The summed E-state index contributed by atoms with van der Waals surface area (Å²) in [6, 6.07) is 0.150. The Morgan fingerprint density at radius 2 is 2.20 bits per heavy atom. The minimum atomic E-state index is 0.150. The predicted molar refractivity (Wildman–Crippen MR) is 68.2 cm³/mol. The van der Waals surface area contributed by atoms with Gasteiger partial charge in [0.15, 0.2) is 0 Å². The van der Waals surface area contributed by atoms with Gasteiger partial charge in [-0.05, 0) is 25.2 Å². The molecule has 3 heteroatoms. The maximum atomic E-state index is 9.32. The monoisotopic (exact) mass is 231 g/mol. The molecule has 1 rings (SSSR count). The van der Waals surface area contributed by atoms with Crippen molar-refractivity contribution in [2.75, 3.05) is 6.61 Å². The van der Waals surface area contributed by atoms with Crippen LogP contribution >= 0.6 is 11.8 Å². The number of hydrogen-bond donors (Lipinski definition) is 2. The second-order valence-electron chi connectivity index (χ2n) is 4.82. The maximum absolute atomic E-state index is 9.32. The summed E-state index contributed by atoms with van der Waals surface area (Å²) in [6.07, 6.45) is 6.29.